The molecule has 2 aromatic heterocycles. The minimum Gasteiger partial charge on any atom is -0.494 e. The molecule has 4 aromatic rings. The van der Waals surface area contributed by atoms with Crippen LogP contribution in [0.1, 0.15) is 11.7 Å². The molecule has 2 aromatic carbocycles. The fourth-order valence-electron chi connectivity index (χ4n) is 4.14. The summed E-state index contributed by atoms with van der Waals surface area (Å²) >= 11 is 11.4. The average molecular weight is 812 g/mol. The van der Waals surface area contributed by atoms with Gasteiger partial charge in [-0.05, 0) is 57.4 Å². The summed E-state index contributed by atoms with van der Waals surface area (Å²) in [6.45, 7) is 0.674. The van der Waals surface area contributed by atoms with E-state index in [4.69, 9.17) is 35.1 Å². The minimum absolute atomic E-state index is 0. The molecule has 240 valence electrons. The quantitative estimate of drug-likeness (QED) is 0.0672. The van der Waals surface area contributed by atoms with Gasteiger partial charge in [0.15, 0.2) is 5.82 Å². The third-order valence-electron chi connectivity index (χ3n) is 6.07. The zero-order valence-corrected chi connectivity index (χ0v) is 31.4. The van der Waals surface area contributed by atoms with Crippen molar-refractivity contribution in [1.29, 1.82) is 0 Å². The number of anilines is 1. The van der Waals surface area contributed by atoms with Gasteiger partial charge in [-0.2, -0.15) is 18.6 Å². The molecule has 0 N–H and O–H groups in total. The van der Waals surface area contributed by atoms with E-state index in [1.807, 2.05) is 72.6 Å². The number of aryl methyl sites for hydroxylation is 1. The predicted octanol–water partition coefficient (Wildman–Crippen LogP) is 6.88. The summed E-state index contributed by atoms with van der Waals surface area (Å²) in [6.07, 6.45) is 1.57. The van der Waals surface area contributed by atoms with Gasteiger partial charge >= 0.3 is 0 Å². The van der Waals surface area contributed by atoms with Crippen molar-refractivity contribution >= 4 is 85.4 Å². The lowest BCUT2D eigenvalue weighted by atomic mass is 10.1. The first-order valence-corrected chi connectivity index (χ1v) is 18.5. The molecule has 0 saturated heterocycles. The second-order valence-corrected chi connectivity index (χ2v) is 14.1. The van der Waals surface area contributed by atoms with E-state index in [1.165, 1.54) is 12.2 Å². The standard InChI is InChI=1S/C27H33ClIN7O4S3.H2S/c1-33(2)43-40-23-16-18(28)10-11-19(23)24(39-6)17-42-35(14-15-41-29)27-31-30-26(20-12-13-34(3)32-20)36(27)25-21(37-4)8-7-9-22(25)38-5;/h7-13,16,24H,14-15,17H2,1-6H3;1H2. The Labute approximate surface area is 295 Å². The van der Waals surface area contributed by atoms with Crippen molar-refractivity contribution in [3.05, 3.63) is 59.2 Å². The zero-order valence-electron chi connectivity index (χ0n) is 25.1. The lowest BCUT2D eigenvalue weighted by Gasteiger charge is -2.26. The molecule has 0 aliphatic rings. The van der Waals surface area contributed by atoms with Crippen LogP contribution < -0.4 is 18.0 Å². The first-order chi connectivity index (χ1) is 20.8. The first-order valence-electron chi connectivity index (χ1n) is 13.0. The number of methoxy groups -OCH3 is 3. The Kier molecular flexibility index (Phi) is 14.9. The largest absolute Gasteiger partial charge is 0.494 e. The molecule has 0 fully saturated rings. The van der Waals surface area contributed by atoms with Crippen LogP contribution in [0.15, 0.2) is 48.7 Å². The molecular weight excluding hydrogens is 777 g/mol. The molecule has 11 nitrogen and oxygen atoms in total. The van der Waals surface area contributed by atoms with Crippen molar-refractivity contribution in [3.8, 4) is 34.5 Å². The molecular formula is C27H35ClIN7O4S4. The van der Waals surface area contributed by atoms with Crippen molar-refractivity contribution < 1.29 is 18.4 Å². The molecule has 17 heteroatoms. The highest BCUT2D eigenvalue weighted by molar-refractivity contribution is 14.2. The predicted molar refractivity (Wildman–Crippen MR) is 196 cm³/mol. The van der Waals surface area contributed by atoms with Crippen LogP contribution in [0.5, 0.6) is 17.2 Å². The van der Waals surface area contributed by atoms with Crippen LogP contribution in [0.3, 0.4) is 0 Å². The number of hydrogen-bond donors (Lipinski definition) is 0. The van der Waals surface area contributed by atoms with Gasteiger partial charge in [0.05, 0.1) is 20.3 Å². The lowest BCUT2D eigenvalue weighted by Crippen LogP contribution is -2.24. The van der Waals surface area contributed by atoms with E-state index in [-0.39, 0.29) is 19.6 Å². The number of aromatic nitrogens is 5. The SMILES string of the molecule is COc1cccc(OC)c1-n1c(-c2ccn(C)n2)nnc1N(CCSI)SCC(OC)c1ccc(Cl)cc1OSN(C)C.S. The van der Waals surface area contributed by atoms with Crippen LogP contribution in [-0.2, 0) is 11.8 Å². The Morgan fingerprint density at radius 1 is 1.02 bits per heavy atom. The van der Waals surface area contributed by atoms with Crippen LogP contribution in [-0.4, -0.2) is 82.3 Å². The van der Waals surface area contributed by atoms with Gasteiger partial charge in [-0.25, -0.2) is 4.31 Å². The van der Waals surface area contributed by atoms with E-state index in [1.54, 1.807) is 53.0 Å². The number of para-hydroxylation sites is 1. The highest BCUT2D eigenvalue weighted by Gasteiger charge is 2.28. The third-order valence-corrected chi connectivity index (χ3v) is 9.63. The molecule has 0 bridgehead atoms. The molecule has 1 atom stereocenters. The molecule has 0 amide bonds. The molecule has 1 unspecified atom stereocenters. The molecule has 2 heterocycles. The monoisotopic (exact) mass is 811 g/mol. The third kappa shape index (κ3) is 8.98. The topological polar surface area (TPSA) is 91.9 Å². The van der Waals surface area contributed by atoms with Crippen LogP contribution >= 0.6 is 79.4 Å². The average Bonchev–Trinajstić information content (AvgIpc) is 3.64. The molecule has 4 rings (SSSR count). The number of rotatable bonds is 16. The molecule has 0 aliphatic heterocycles. The summed E-state index contributed by atoms with van der Waals surface area (Å²) in [5.41, 5.74) is 2.23. The van der Waals surface area contributed by atoms with Crippen molar-refractivity contribution in [3.63, 3.8) is 0 Å². The van der Waals surface area contributed by atoms with Gasteiger partial charge in [-0.15, -0.1) is 10.2 Å². The van der Waals surface area contributed by atoms with Gasteiger partial charge in [0, 0.05) is 69.2 Å². The molecule has 44 heavy (non-hydrogen) atoms. The Morgan fingerprint density at radius 2 is 1.75 bits per heavy atom. The van der Waals surface area contributed by atoms with Crippen LogP contribution in [0.4, 0.5) is 5.95 Å². The Morgan fingerprint density at radius 3 is 2.34 bits per heavy atom. The maximum Gasteiger partial charge on any atom is 0.242 e. The lowest BCUT2D eigenvalue weighted by molar-refractivity contribution is 0.122. The minimum atomic E-state index is -0.304. The summed E-state index contributed by atoms with van der Waals surface area (Å²) in [5.74, 6) is 4.43. The van der Waals surface area contributed by atoms with Gasteiger partial charge in [0.2, 0.25) is 5.95 Å². The Hall–Kier alpha value is -1.67. The number of ether oxygens (including phenoxy) is 3. The summed E-state index contributed by atoms with van der Waals surface area (Å²) in [7, 11) is 12.4. The molecule has 0 radical (unpaired) electrons. The van der Waals surface area contributed by atoms with Gasteiger partial charge in [0.25, 0.3) is 0 Å². The van der Waals surface area contributed by atoms with Crippen LogP contribution in [0, 0.1) is 0 Å². The van der Waals surface area contributed by atoms with Gasteiger partial charge in [0.1, 0.15) is 40.9 Å². The van der Waals surface area contributed by atoms with E-state index in [9.17, 15) is 0 Å². The zero-order chi connectivity index (χ0) is 30.9. The van der Waals surface area contributed by atoms with Crippen molar-refractivity contribution in [2.45, 2.75) is 6.10 Å². The maximum absolute atomic E-state index is 6.32. The highest BCUT2D eigenvalue weighted by Crippen LogP contribution is 2.41. The summed E-state index contributed by atoms with van der Waals surface area (Å²) in [5, 5.41) is 14.5. The van der Waals surface area contributed by atoms with E-state index in [2.05, 4.69) is 35.7 Å². The summed E-state index contributed by atoms with van der Waals surface area (Å²) < 4.78 is 31.2. The summed E-state index contributed by atoms with van der Waals surface area (Å²) in [4.78, 5) is 0. The first kappa shape index (κ1) is 36.8. The molecule has 0 saturated carbocycles. The molecule has 0 aliphatic carbocycles. The highest BCUT2D eigenvalue weighted by atomic mass is 127. The Balaban J connectivity index is 0.00000529. The maximum atomic E-state index is 6.32. The van der Waals surface area contributed by atoms with Crippen molar-refractivity contribution in [2.75, 3.05) is 57.8 Å². The van der Waals surface area contributed by atoms with E-state index in [0.717, 1.165) is 11.3 Å². The number of halogens is 2. The van der Waals surface area contributed by atoms with E-state index in [0.29, 0.717) is 57.7 Å². The number of benzene rings is 2. The summed E-state index contributed by atoms with van der Waals surface area (Å²) in [6, 6.07) is 13.1. The van der Waals surface area contributed by atoms with Crippen molar-refractivity contribution in [1.82, 2.24) is 28.9 Å². The van der Waals surface area contributed by atoms with Crippen molar-refractivity contribution in [2.24, 2.45) is 7.05 Å². The fourth-order valence-corrected chi connectivity index (χ4v) is 6.72. The fraction of sp³-hybridized carbons (Fsp3) is 0.370. The number of hydrogen-bond acceptors (Lipinski definition) is 12. The second-order valence-electron chi connectivity index (χ2n) is 9.13. The number of nitrogens with zero attached hydrogens (tertiary/aromatic N) is 7. The van der Waals surface area contributed by atoms with Gasteiger partial charge in [-0.3, -0.25) is 13.6 Å². The van der Waals surface area contributed by atoms with E-state index >= 15 is 0 Å². The smallest absolute Gasteiger partial charge is 0.242 e. The van der Waals surface area contributed by atoms with Crippen LogP contribution in [0.25, 0.3) is 17.2 Å². The van der Waals surface area contributed by atoms with Gasteiger partial charge in [-0.1, -0.05) is 32.7 Å². The Bertz CT molecular complexity index is 1470. The van der Waals surface area contributed by atoms with E-state index < -0.39 is 0 Å². The van der Waals surface area contributed by atoms with Crippen LogP contribution in [0.2, 0.25) is 5.02 Å². The molecule has 0 spiro atoms. The normalized spacial score (nSPS) is 11.8. The van der Waals surface area contributed by atoms with Gasteiger partial charge < -0.3 is 18.4 Å². The second kappa shape index (κ2) is 17.9.